The smallest absolute Gasteiger partial charge is 0.123 e. The van der Waals surface area contributed by atoms with Gasteiger partial charge in [0.1, 0.15) is 11.5 Å². The molecule has 15 heavy (non-hydrogen) atoms. The van der Waals surface area contributed by atoms with E-state index in [0.717, 1.165) is 35.7 Å². The van der Waals surface area contributed by atoms with Crippen molar-refractivity contribution in [1.82, 2.24) is 5.32 Å². The van der Waals surface area contributed by atoms with Gasteiger partial charge >= 0.3 is 0 Å². The van der Waals surface area contributed by atoms with Crippen LogP contribution in [-0.4, -0.2) is 20.8 Å². The van der Waals surface area contributed by atoms with Gasteiger partial charge in [-0.1, -0.05) is 6.92 Å². The standard InChI is InChI=1S/C12H19NO2/c1-5-13-8-10-7-11(14-3)9(2)6-12(10)15-4/h6-7,13H,5,8H2,1-4H3. The summed E-state index contributed by atoms with van der Waals surface area (Å²) in [6.07, 6.45) is 0. The van der Waals surface area contributed by atoms with Crippen LogP contribution in [0.4, 0.5) is 0 Å². The fraction of sp³-hybridized carbons (Fsp3) is 0.500. The largest absolute Gasteiger partial charge is 0.496 e. The Labute approximate surface area is 91.4 Å². The molecular formula is C12H19NO2. The molecule has 0 amide bonds. The molecule has 0 bridgehead atoms. The van der Waals surface area contributed by atoms with Crippen molar-refractivity contribution in [3.63, 3.8) is 0 Å². The lowest BCUT2D eigenvalue weighted by atomic mass is 10.1. The lowest BCUT2D eigenvalue weighted by Gasteiger charge is -2.13. The molecule has 3 heteroatoms. The van der Waals surface area contributed by atoms with Crippen LogP contribution >= 0.6 is 0 Å². The van der Waals surface area contributed by atoms with Gasteiger partial charge in [-0.2, -0.15) is 0 Å². The van der Waals surface area contributed by atoms with E-state index in [1.54, 1.807) is 14.2 Å². The Morgan fingerprint density at radius 2 is 1.80 bits per heavy atom. The molecule has 0 heterocycles. The number of nitrogens with one attached hydrogen (secondary N) is 1. The van der Waals surface area contributed by atoms with Crippen LogP contribution in [0.15, 0.2) is 12.1 Å². The van der Waals surface area contributed by atoms with E-state index in [4.69, 9.17) is 9.47 Å². The first-order chi connectivity index (χ1) is 7.22. The predicted octanol–water partition coefficient (Wildman–Crippen LogP) is 2.12. The maximum absolute atomic E-state index is 5.33. The average molecular weight is 209 g/mol. The Kier molecular flexibility index (Phi) is 4.43. The Morgan fingerprint density at radius 1 is 1.13 bits per heavy atom. The zero-order chi connectivity index (χ0) is 11.3. The molecule has 0 aliphatic carbocycles. The number of ether oxygens (including phenoxy) is 2. The molecule has 1 rings (SSSR count). The van der Waals surface area contributed by atoms with Gasteiger partial charge in [0.15, 0.2) is 0 Å². The Morgan fingerprint density at radius 3 is 2.33 bits per heavy atom. The van der Waals surface area contributed by atoms with E-state index in [2.05, 4.69) is 12.2 Å². The van der Waals surface area contributed by atoms with Gasteiger partial charge < -0.3 is 14.8 Å². The first-order valence-electron chi connectivity index (χ1n) is 5.15. The molecule has 84 valence electrons. The van der Waals surface area contributed by atoms with Crippen LogP contribution < -0.4 is 14.8 Å². The maximum Gasteiger partial charge on any atom is 0.123 e. The van der Waals surface area contributed by atoms with E-state index >= 15 is 0 Å². The van der Waals surface area contributed by atoms with Crippen LogP contribution in [0.1, 0.15) is 18.1 Å². The number of hydrogen-bond acceptors (Lipinski definition) is 3. The second-order valence-electron chi connectivity index (χ2n) is 3.41. The van der Waals surface area contributed by atoms with E-state index in [-0.39, 0.29) is 0 Å². The first-order valence-corrected chi connectivity index (χ1v) is 5.15. The van der Waals surface area contributed by atoms with Crippen LogP contribution in [0.3, 0.4) is 0 Å². The van der Waals surface area contributed by atoms with Crippen molar-refractivity contribution in [3.8, 4) is 11.5 Å². The average Bonchev–Trinajstić information content (AvgIpc) is 2.26. The summed E-state index contributed by atoms with van der Waals surface area (Å²) in [5, 5.41) is 3.27. The van der Waals surface area contributed by atoms with Crippen molar-refractivity contribution in [2.45, 2.75) is 20.4 Å². The molecule has 0 radical (unpaired) electrons. The van der Waals surface area contributed by atoms with E-state index in [0.29, 0.717) is 0 Å². The number of rotatable bonds is 5. The zero-order valence-corrected chi connectivity index (χ0v) is 9.89. The van der Waals surface area contributed by atoms with Gasteiger partial charge in [0.05, 0.1) is 14.2 Å². The summed E-state index contributed by atoms with van der Waals surface area (Å²) in [5.41, 5.74) is 2.22. The number of methoxy groups -OCH3 is 2. The van der Waals surface area contributed by atoms with E-state index in [1.165, 1.54) is 0 Å². The minimum Gasteiger partial charge on any atom is -0.496 e. The highest BCUT2D eigenvalue weighted by Crippen LogP contribution is 2.27. The predicted molar refractivity (Wildman–Crippen MR) is 61.7 cm³/mol. The molecule has 1 aromatic rings. The molecule has 0 spiro atoms. The first kappa shape index (κ1) is 11.9. The number of aryl methyl sites for hydroxylation is 1. The fourth-order valence-electron chi connectivity index (χ4n) is 1.51. The third kappa shape index (κ3) is 2.86. The number of benzene rings is 1. The van der Waals surface area contributed by atoms with Gasteiger partial charge in [0.2, 0.25) is 0 Å². The molecule has 0 fully saturated rings. The monoisotopic (exact) mass is 209 g/mol. The quantitative estimate of drug-likeness (QED) is 0.805. The third-order valence-electron chi connectivity index (χ3n) is 2.36. The summed E-state index contributed by atoms with van der Waals surface area (Å²) >= 11 is 0. The zero-order valence-electron chi connectivity index (χ0n) is 9.89. The molecule has 3 nitrogen and oxygen atoms in total. The highest BCUT2D eigenvalue weighted by molar-refractivity contribution is 5.45. The van der Waals surface area contributed by atoms with Gasteiger partial charge in [-0.05, 0) is 31.2 Å². The van der Waals surface area contributed by atoms with Crippen LogP contribution in [-0.2, 0) is 6.54 Å². The minimum absolute atomic E-state index is 0.802. The molecule has 0 aliphatic rings. The number of hydrogen-bond donors (Lipinski definition) is 1. The summed E-state index contributed by atoms with van der Waals surface area (Å²) in [6, 6.07) is 4.03. The lowest BCUT2D eigenvalue weighted by Crippen LogP contribution is -2.12. The minimum atomic E-state index is 0.802. The highest BCUT2D eigenvalue weighted by atomic mass is 16.5. The fourth-order valence-corrected chi connectivity index (χ4v) is 1.51. The second-order valence-corrected chi connectivity index (χ2v) is 3.41. The summed E-state index contributed by atoms with van der Waals surface area (Å²) < 4.78 is 10.6. The van der Waals surface area contributed by atoms with Gasteiger partial charge in [-0.3, -0.25) is 0 Å². The molecule has 1 aromatic carbocycles. The van der Waals surface area contributed by atoms with Crippen molar-refractivity contribution in [3.05, 3.63) is 23.3 Å². The Balaban J connectivity index is 2.99. The second kappa shape index (κ2) is 5.61. The summed E-state index contributed by atoms with van der Waals surface area (Å²) in [5.74, 6) is 1.82. The van der Waals surface area contributed by atoms with Crippen LogP contribution in [0.25, 0.3) is 0 Å². The summed E-state index contributed by atoms with van der Waals surface area (Å²) in [6.45, 7) is 5.84. The maximum atomic E-state index is 5.33. The van der Waals surface area contributed by atoms with Gasteiger partial charge in [0, 0.05) is 12.1 Å². The Bertz CT molecular complexity index is 324. The van der Waals surface area contributed by atoms with Gasteiger partial charge in [-0.25, -0.2) is 0 Å². The topological polar surface area (TPSA) is 30.5 Å². The Hall–Kier alpha value is -1.22. The summed E-state index contributed by atoms with van der Waals surface area (Å²) in [4.78, 5) is 0. The van der Waals surface area contributed by atoms with Crippen molar-refractivity contribution in [1.29, 1.82) is 0 Å². The van der Waals surface area contributed by atoms with Crippen LogP contribution in [0.2, 0.25) is 0 Å². The van der Waals surface area contributed by atoms with Gasteiger partial charge in [-0.15, -0.1) is 0 Å². The van der Waals surface area contributed by atoms with Crippen molar-refractivity contribution < 1.29 is 9.47 Å². The van der Waals surface area contributed by atoms with Crippen molar-refractivity contribution in [2.24, 2.45) is 0 Å². The molecule has 0 aliphatic heterocycles. The molecule has 0 saturated heterocycles. The van der Waals surface area contributed by atoms with Gasteiger partial charge in [0.25, 0.3) is 0 Å². The van der Waals surface area contributed by atoms with E-state index in [9.17, 15) is 0 Å². The van der Waals surface area contributed by atoms with Crippen molar-refractivity contribution >= 4 is 0 Å². The molecule has 0 aromatic heterocycles. The normalized spacial score (nSPS) is 10.1. The lowest BCUT2D eigenvalue weighted by molar-refractivity contribution is 0.395. The molecule has 0 unspecified atom stereocenters. The van der Waals surface area contributed by atoms with E-state index < -0.39 is 0 Å². The van der Waals surface area contributed by atoms with Crippen LogP contribution in [0, 0.1) is 6.92 Å². The van der Waals surface area contributed by atoms with Crippen molar-refractivity contribution in [2.75, 3.05) is 20.8 Å². The SMILES string of the molecule is CCNCc1cc(OC)c(C)cc1OC. The molecule has 0 atom stereocenters. The van der Waals surface area contributed by atoms with E-state index in [1.807, 2.05) is 19.1 Å². The molecule has 1 N–H and O–H groups in total. The third-order valence-corrected chi connectivity index (χ3v) is 2.36. The van der Waals surface area contributed by atoms with Crippen LogP contribution in [0.5, 0.6) is 11.5 Å². The highest BCUT2D eigenvalue weighted by Gasteiger charge is 2.07. The molecule has 0 saturated carbocycles. The molecular weight excluding hydrogens is 190 g/mol. The summed E-state index contributed by atoms with van der Waals surface area (Å²) in [7, 11) is 3.38.